The maximum absolute atomic E-state index is 6.08. The third-order valence-electron chi connectivity index (χ3n) is 4.67. The van der Waals surface area contributed by atoms with E-state index in [-0.39, 0.29) is 0 Å². The number of methoxy groups -OCH3 is 1. The van der Waals surface area contributed by atoms with E-state index in [0.717, 1.165) is 41.3 Å². The molecule has 3 rings (SSSR count). The predicted octanol–water partition coefficient (Wildman–Crippen LogP) is 3.38. The van der Waals surface area contributed by atoms with E-state index >= 15 is 0 Å². The molecule has 0 amide bonds. The highest BCUT2D eigenvalue weighted by molar-refractivity contribution is 5.71. The summed E-state index contributed by atoms with van der Waals surface area (Å²) in [5.41, 5.74) is 8.74. The van der Waals surface area contributed by atoms with Gasteiger partial charge in [-0.05, 0) is 56.1 Å². The van der Waals surface area contributed by atoms with Crippen LogP contribution in [0.2, 0.25) is 0 Å². The van der Waals surface area contributed by atoms with Crippen molar-refractivity contribution in [3.05, 3.63) is 35.9 Å². The number of hydrogen-bond acceptors (Lipinski definition) is 5. The van der Waals surface area contributed by atoms with Gasteiger partial charge in [-0.2, -0.15) is 0 Å². The van der Waals surface area contributed by atoms with Gasteiger partial charge in [0, 0.05) is 18.2 Å². The van der Waals surface area contributed by atoms with Gasteiger partial charge in [-0.1, -0.05) is 13.0 Å². The SMILES string of the molecule is CCc1cc(-c2cccc(N)n2)c(OC)cc1OCCN1CCCC1. The lowest BCUT2D eigenvalue weighted by molar-refractivity contribution is 0.236. The molecule has 1 aliphatic heterocycles. The number of benzene rings is 1. The molecule has 2 N–H and O–H groups in total. The Morgan fingerprint density at radius 3 is 2.64 bits per heavy atom. The Balaban J connectivity index is 1.81. The number of nitrogens with zero attached hydrogens (tertiary/aromatic N) is 2. The van der Waals surface area contributed by atoms with Crippen LogP contribution in [-0.2, 0) is 6.42 Å². The molecule has 1 aromatic carbocycles. The van der Waals surface area contributed by atoms with Gasteiger partial charge in [0.15, 0.2) is 0 Å². The van der Waals surface area contributed by atoms with Gasteiger partial charge in [-0.25, -0.2) is 4.98 Å². The number of hydrogen-bond donors (Lipinski definition) is 1. The van der Waals surface area contributed by atoms with Gasteiger partial charge in [0.25, 0.3) is 0 Å². The normalized spacial score (nSPS) is 14.6. The first-order chi connectivity index (χ1) is 12.2. The van der Waals surface area contributed by atoms with Crippen molar-refractivity contribution >= 4 is 5.82 Å². The van der Waals surface area contributed by atoms with Crippen LogP contribution in [0.4, 0.5) is 5.82 Å². The van der Waals surface area contributed by atoms with Crippen molar-refractivity contribution < 1.29 is 9.47 Å². The van der Waals surface area contributed by atoms with E-state index in [4.69, 9.17) is 15.2 Å². The largest absolute Gasteiger partial charge is 0.496 e. The molecule has 1 saturated heterocycles. The van der Waals surface area contributed by atoms with Crippen molar-refractivity contribution in [1.82, 2.24) is 9.88 Å². The molecular formula is C20H27N3O2. The summed E-state index contributed by atoms with van der Waals surface area (Å²) in [6.07, 6.45) is 3.49. The third-order valence-corrected chi connectivity index (χ3v) is 4.67. The first-order valence-corrected chi connectivity index (χ1v) is 9.00. The monoisotopic (exact) mass is 341 g/mol. The molecule has 0 atom stereocenters. The molecule has 5 heteroatoms. The number of aromatic nitrogens is 1. The zero-order valence-corrected chi connectivity index (χ0v) is 15.1. The average molecular weight is 341 g/mol. The maximum atomic E-state index is 6.08. The quantitative estimate of drug-likeness (QED) is 0.836. The summed E-state index contributed by atoms with van der Waals surface area (Å²) in [5.74, 6) is 2.15. The van der Waals surface area contributed by atoms with E-state index in [1.807, 2.05) is 18.2 Å². The minimum absolute atomic E-state index is 0.503. The minimum Gasteiger partial charge on any atom is -0.496 e. The average Bonchev–Trinajstić information content (AvgIpc) is 3.14. The van der Waals surface area contributed by atoms with Crippen molar-refractivity contribution in [3.63, 3.8) is 0 Å². The van der Waals surface area contributed by atoms with E-state index < -0.39 is 0 Å². The molecule has 0 spiro atoms. The van der Waals surface area contributed by atoms with Crippen molar-refractivity contribution in [2.75, 3.05) is 39.1 Å². The molecule has 1 aromatic heterocycles. The molecule has 1 fully saturated rings. The molecule has 0 bridgehead atoms. The molecular weight excluding hydrogens is 314 g/mol. The topological polar surface area (TPSA) is 60.6 Å². The molecule has 0 unspecified atom stereocenters. The Hall–Kier alpha value is -2.27. The van der Waals surface area contributed by atoms with E-state index in [9.17, 15) is 0 Å². The number of nitrogens with two attached hydrogens (primary N) is 1. The highest BCUT2D eigenvalue weighted by Crippen LogP contribution is 2.36. The lowest BCUT2D eigenvalue weighted by Gasteiger charge is -2.18. The fraction of sp³-hybridized carbons (Fsp3) is 0.450. The number of pyridine rings is 1. The second-order valence-electron chi connectivity index (χ2n) is 6.36. The summed E-state index contributed by atoms with van der Waals surface area (Å²) in [5, 5.41) is 0. The molecule has 0 radical (unpaired) electrons. The molecule has 25 heavy (non-hydrogen) atoms. The molecule has 0 aliphatic carbocycles. The van der Waals surface area contributed by atoms with Crippen LogP contribution < -0.4 is 15.2 Å². The highest BCUT2D eigenvalue weighted by atomic mass is 16.5. The Kier molecular flexibility index (Phi) is 5.76. The van der Waals surface area contributed by atoms with Gasteiger partial charge in [0.2, 0.25) is 0 Å². The van der Waals surface area contributed by atoms with Gasteiger partial charge in [0.1, 0.15) is 23.9 Å². The number of rotatable bonds is 7. The van der Waals surface area contributed by atoms with Gasteiger partial charge < -0.3 is 15.2 Å². The lowest BCUT2D eigenvalue weighted by atomic mass is 10.0. The molecule has 2 aromatic rings. The fourth-order valence-corrected chi connectivity index (χ4v) is 3.28. The first-order valence-electron chi connectivity index (χ1n) is 9.00. The van der Waals surface area contributed by atoms with Crippen LogP contribution in [0.5, 0.6) is 11.5 Å². The van der Waals surface area contributed by atoms with Crippen LogP contribution in [-0.4, -0.2) is 43.2 Å². The van der Waals surface area contributed by atoms with Gasteiger partial charge in [0.05, 0.1) is 12.8 Å². The van der Waals surface area contributed by atoms with Crippen LogP contribution in [0.15, 0.2) is 30.3 Å². The molecule has 1 aliphatic rings. The number of likely N-dealkylation sites (tertiary alicyclic amines) is 1. The number of aryl methyl sites for hydroxylation is 1. The van der Waals surface area contributed by atoms with E-state index in [1.165, 1.54) is 25.9 Å². The summed E-state index contributed by atoms with van der Waals surface area (Å²) in [7, 11) is 1.67. The predicted molar refractivity (Wildman–Crippen MR) is 101 cm³/mol. The summed E-state index contributed by atoms with van der Waals surface area (Å²) >= 11 is 0. The molecule has 5 nitrogen and oxygen atoms in total. The highest BCUT2D eigenvalue weighted by Gasteiger charge is 2.15. The Morgan fingerprint density at radius 2 is 1.96 bits per heavy atom. The number of nitrogen functional groups attached to an aromatic ring is 1. The van der Waals surface area contributed by atoms with Crippen LogP contribution in [0.3, 0.4) is 0 Å². The second kappa shape index (κ2) is 8.21. The van der Waals surface area contributed by atoms with Crippen LogP contribution in [0.25, 0.3) is 11.3 Å². The van der Waals surface area contributed by atoms with Crippen LogP contribution in [0, 0.1) is 0 Å². The summed E-state index contributed by atoms with van der Waals surface area (Å²) in [6, 6.07) is 9.71. The van der Waals surface area contributed by atoms with Crippen molar-refractivity contribution in [2.24, 2.45) is 0 Å². The summed E-state index contributed by atoms with van der Waals surface area (Å²) in [4.78, 5) is 6.87. The van der Waals surface area contributed by atoms with Crippen LogP contribution >= 0.6 is 0 Å². The smallest absolute Gasteiger partial charge is 0.131 e. The van der Waals surface area contributed by atoms with Gasteiger partial charge in [-0.3, -0.25) is 4.90 Å². The Morgan fingerprint density at radius 1 is 1.16 bits per heavy atom. The van der Waals surface area contributed by atoms with Crippen molar-refractivity contribution in [2.45, 2.75) is 26.2 Å². The van der Waals surface area contributed by atoms with E-state index in [0.29, 0.717) is 12.4 Å². The zero-order chi connectivity index (χ0) is 17.6. The number of anilines is 1. The van der Waals surface area contributed by atoms with Crippen molar-refractivity contribution in [1.29, 1.82) is 0 Å². The standard InChI is InChI=1S/C20H27N3O2/c1-3-15-13-16(17-7-6-8-20(21)22-17)19(24-2)14-18(15)25-12-11-23-9-4-5-10-23/h6-8,13-14H,3-5,9-12H2,1-2H3,(H2,21,22). The lowest BCUT2D eigenvalue weighted by Crippen LogP contribution is -2.25. The van der Waals surface area contributed by atoms with Crippen molar-refractivity contribution in [3.8, 4) is 22.8 Å². The maximum Gasteiger partial charge on any atom is 0.131 e. The second-order valence-corrected chi connectivity index (χ2v) is 6.36. The van der Waals surface area contributed by atoms with Crippen LogP contribution in [0.1, 0.15) is 25.3 Å². The number of ether oxygens (including phenoxy) is 2. The summed E-state index contributed by atoms with van der Waals surface area (Å²) in [6.45, 7) is 6.18. The molecule has 2 heterocycles. The molecule has 0 saturated carbocycles. The van der Waals surface area contributed by atoms with E-state index in [1.54, 1.807) is 13.2 Å². The Bertz CT molecular complexity index is 712. The first kappa shape index (κ1) is 17.5. The third kappa shape index (κ3) is 4.23. The Labute approximate surface area is 149 Å². The fourth-order valence-electron chi connectivity index (χ4n) is 3.28. The minimum atomic E-state index is 0.503. The summed E-state index contributed by atoms with van der Waals surface area (Å²) < 4.78 is 11.7. The van der Waals surface area contributed by atoms with Gasteiger partial charge in [-0.15, -0.1) is 0 Å². The van der Waals surface area contributed by atoms with E-state index in [2.05, 4.69) is 22.9 Å². The van der Waals surface area contributed by atoms with Gasteiger partial charge >= 0.3 is 0 Å². The zero-order valence-electron chi connectivity index (χ0n) is 15.1. The molecule has 134 valence electrons.